The third-order valence-electron chi connectivity index (χ3n) is 4.21. The van der Waals surface area contributed by atoms with E-state index in [0.29, 0.717) is 29.2 Å². The van der Waals surface area contributed by atoms with E-state index in [1.165, 1.54) is 17.3 Å². The number of anilines is 1. The summed E-state index contributed by atoms with van der Waals surface area (Å²) >= 11 is 7.24. The van der Waals surface area contributed by atoms with E-state index in [2.05, 4.69) is 46.5 Å². The zero-order valence-electron chi connectivity index (χ0n) is 16.4. The fraction of sp³-hybridized carbons (Fsp3) is 0.300. The number of carbonyl (C=O) groups is 1. The van der Waals surface area contributed by atoms with Gasteiger partial charge in [-0.3, -0.25) is 4.79 Å². The van der Waals surface area contributed by atoms with Crippen molar-refractivity contribution < 1.29 is 9.53 Å². The van der Waals surface area contributed by atoms with E-state index in [1.807, 2.05) is 23.7 Å². The largest absolute Gasteiger partial charge is 0.486 e. The third-order valence-corrected chi connectivity index (χ3v) is 5.53. The predicted octanol–water partition coefficient (Wildman–Crippen LogP) is 4.30. The lowest BCUT2D eigenvalue weighted by Gasteiger charge is -2.09. The molecule has 3 rings (SSSR count). The van der Waals surface area contributed by atoms with Crippen LogP contribution in [-0.2, 0) is 18.4 Å². The lowest BCUT2D eigenvalue weighted by molar-refractivity contribution is -0.113. The molecule has 2 aromatic heterocycles. The Morgan fingerprint density at radius 3 is 2.69 bits per heavy atom. The maximum absolute atomic E-state index is 12.1. The first kappa shape index (κ1) is 21.1. The van der Waals surface area contributed by atoms with Gasteiger partial charge in [0.1, 0.15) is 12.4 Å². The number of amides is 1. The number of nitrogens with one attached hydrogen (secondary N) is 1. The van der Waals surface area contributed by atoms with Crippen LogP contribution in [0.15, 0.2) is 47.8 Å². The highest BCUT2D eigenvalue weighted by Gasteiger charge is 2.13. The van der Waals surface area contributed by atoms with Crippen LogP contribution in [0.1, 0.15) is 31.2 Å². The smallest absolute Gasteiger partial charge is 0.234 e. The van der Waals surface area contributed by atoms with Crippen molar-refractivity contribution in [3.63, 3.8) is 0 Å². The van der Waals surface area contributed by atoms with E-state index in [4.69, 9.17) is 16.3 Å². The van der Waals surface area contributed by atoms with Crippen LogP contribution < -0.4 is 10.1 Å². The van der Waals surface area contributed by atoms with Crippen molar-refractivity contribution in [2.75, 3.05) is 11.1 Å². The highest BCUT2D eigenvalue weighted by Crippen LogP contribution is 2.21. The summed E-state index contributed by atoms with van der Waals surface area (Å²) in [5.41, 5.74) is 1.75. The quantitative estimate of drug-likeness (QED) is 0.423. The Bertz CT molecular complexity index is 975. The van der Waals surface area contributed by atoms with Gasteiger partial charge in [0.2, 0.25) is 5.91 Å². The molecule has 1 amide bonds. The molecule has 29 heavy (non-hydrogen) atoms. The van der Waals surface area contributed by atoms with Crippen LogP contribution in [0.25, 0.3) is 0 Å². The monoisotopic (exact) mass is 431 g/mol. The van der Waals surface area contributed by atoms with Crippen molar-refractivity contribution in [3.8, 4) is 5.75 Å². The number of pyridine rings is 1. The van der Waals surface area contributed by atoms with Gasteiger partial charge in [-0.1, -0.05) is 49.3 Å². The van der Waals surface area contributed by atoms with Crippen LogP contribution in [-0.4, -0.2) is 31.4 Å². The van der Waals surface area contributed by atoms with Crippen molar-refractivity contribution in [2.45, 2.75) is 31.5 Å². The van der Waals surface area contributed by atoms with Crippen LogP contribution in [0.2, 0.25) is 5.15 Å². The lowest BCUT2D eigenvalue weighted by Crippen LogP contribution is -2.15. The first-order chi connectivity index (χ1) is 13.9. The standard InChI is InChI=1S/C20H22ClN5O2S/c1-13(2)14-6-8-15(9-7-14)28-11-17-24-25-20(26(17)3)29-12-18(27)23-16-5-4-10-22-19(16)21/h4-10,13H,11-12H2,1-3H3,(H,23,27). The van der Waals surface area contributed by atoms with Gasteiger partial charge in [0, 0.05) is 13.2 Å². The van der Waals surface area contributed by atoms with E-state index in [-0.39, 0.29) is 16.8 Å². The average Bonchev–Trinajstić information content (AvgIpc) is 3.06. The van der Waals surface area contributed by atoms with E-state index in [0.717, 1.165) is 5.75 Å². The fourth-order valence-electron chi connectivity index (χ4n) is 2.49. The van der Waals surface area contributed by atoms with Gasteiger partial charge >= 0.3 is 0 Å². The third kappa shape index (κ3) is 5.71. The van der Waals surface area contributed by atoms with Crippen molar-refractivity contribution >= 4 is 35.0 Å². The van der Waals surface area contributed by atoms with Crippen molar-refractivity contribution in [2.24, 2.45) is 7.05 Å². The molecule has 9 heteroatoms. The summed E-state index contributed by atoms with van der Waals surface area (Å²) in [5.74, 6) is 1.91. The molecule has 7 nitrogen and oxygen atoms in total. The minimum absolute atomic E-state index is 0.175. The van der Waals surface area contributed by atoms with Gasteiger partial charge in [-0.2, -0.15) is 0 Å². The fourth-order valence-corrected chi connectivity index (χ4v) is 3.39. The van der Waals surface area contributed by atoms with Gasteiger partial charge in [0.15, 0.2) is 16.1 Å². The van der Waals surface area contributed by atoms with E-state index >= 15 is 0 Å². The van der Waals surface area contributed by atoms with Crippen LogP contribution in [0.3, 0.4) is 0 Å². The van der Waals surface area contributed by atoms with Gasteiger partial charge in [0.05, 0.1) is 11.4 Å². The number of aromatic nitrogens is 4. The molecule has 152 valence electrons. The molecule has 0 aliphatic carbocycles. The Kier molecular flexibility index (Phi) is 7.11. The summed E-state index contributed by atoms with van der Waals surface area (Å²) in [6.45, 7) is 4.60. The average molecular weight is 432 g/mol. The number of halogens is 1. The number of carbonyl (C=O) groups excluding carboxylic acids is 1. The van der Waals surface area contributed by atoms with Gasteiger partial charge in [-0.25, -0.2) is 4.98 Å². The molecule has 1 aromatic carbocycles. The Labute approximate surface area is 178 Å². The topological polar surface area (TPSA) is 81.9 Å². The van der Waals surface area contributed by atoms with E-state index in [1.54, 1.807) is 18.3 Å². The molecule has 0 saturated carbocycles. The van der Waals surface area contributed by atoms with Gasteiger partial charge in [0.25, 0.3) is 0 Å². The van der Waals surface area contributed by atoms with E-state index in [9.17, 15) is 4.79 Å². The summed E-state index contributed by atoms with van der Waals surface area (Å²) < 4.78 is 7.62. The normalized spacial score (nSPS) is 10.9. The number of hydrogen-bond acceptors (Lipinski definition) is 6. The number of benzene rings is 1. The predicted molar refractivity (Wildman–Crippen MR) is 114 cm³/mol. The number of thioether (sulfide) groups is 1. The first-order valence-electron chi connectivity index (χ1n) is 9.08. The van der Waals surface area contributed by atoms with Crippen LogP contribution in [0.5, 0.6) is 5.75 Å². The molecular weight excluding hydrogens is 410 g/mol. The molecule has 1 N–H and O–H groups in total. The summed E-state index contributed by atoms with van der Waals surface area (Å²) in [4.78, 5) is 16.1. The zero-order chi connectivity index (χ0) is 20.8. The SMILES string of the molecule is CC(C)c1ccc(OCc2nnc(SCC(=O)Nc3cccnc3Cl)n2C)cc1. The van der Waals surface area contributed by atoms with Crippen molar-refractivity contribution in [1.29, 1.82) is 0 Å². The molecule has 0 atom stereocenters. The molecule has 0 aliphatic heterocycles. The number of ether oxygens (including phenoxy) is 1. The molecular formula is C20H22ClN5O2S. The molecule has 3 aromatic rings. The summed E-state index contributed by atoms with van der Waals surface area (Å²) in [6, 6.07) is 11.4. The lowest BCUT2D eigenvalue weighted by atomic mass is 10.0. The van der Waals surface area contributed by atoms with Crippen molar-refractivity contribution in [3.05, 3.63) is 59.1 Å². The maximum Gasteiger partial charge on any atom is 0.234 e. The summed E-state index contributed by atoms with van der Waals surface area (Å²) in [7, 11) is 1.85. The zero-order valence-corrected chi connectivity index (χ0v) is 18.0. The second kappa shape index (κ2) is 9.76. The van der Waals surface area contributed by atoms with Crippen LogP contribution in [0, 0.1) is 0 Å². The van der Waals surface area contributed by atoms with Gasteiger partial charge < -0.3 is 14.6 Å². The summed E-state index contributed by atoms with van der Waals surface area (Å²) in [6.07, 6.45) is 1.56. The molecule has 2 heterocycles. The Balaban J connectivity index is 1.52. The van der Waals surface area contributed by atoms with Gasteiger partial charge in [-0.15, -0.1) is 10.2 Å². The molecule has 0 aliphatic rings. The Morgan fingerprint density at radius 1 is 1.24 bits per heavy atom. The second-order valence-electron chi connectivity index (χ2n) is 6.65. The summed E-state index contributed by atoms with van der Waals surface area (Å²) in [5, 5.41) is 11.9. The van der Waals surface area contributed by atoms with Gasteiger partial charge in [-0.05, 0) is 35.7 Å². The molecule has 0 fully saturated rings. The minimum atomic E-state index is -0.198. The Hall–Kier alpha value is -2.58. The molecule has 0 saturated heterocycles. The molecule has 0 spiro atoms. The van der Waals surface area contributed by atoms with E-state index < -0.39 is 0 Å². The molecule has 0 unspecified atom stereocenters. The maximum atomic E-state index is 12.1. The van der Waals surface area contributed by atoms with Crippen molar-refractivity contribution in [1.82, 2.24) is 19.7 Å². The van der Waals surface area contributed by atoms with Crippen LogP contribution >= 0.6 is 23.4 Å². The van der Waals surface area contributed by atoms with Crippen LogP contribution in [0.4, 0.5) is 5.69 Å². The highest BCUT2D eigenvalue weighted by molar-refractivity contribution is 7.99. The first-order valence-corrected chi connectivity index (χ1v) is 10.4. The Morgan fingerprint density at radius 2 is 2.00 bits per heavy atom. The second-order valence-corrected chi connectivity index (χ2v) is 7.95. The number of rotatable bonds is 8. The highest BCUT2D eigenvalue weighted by atomic mass is 35.5. The number of nitrogens with zero attached hydrogens (tertiary/aromatic N) is 4. The molecule has 0 bridgehead atoms. The number of hydrogen-bond donors (Lipinski definition) is 1. The molecule has 0 radical (unpaired) electrons. The minimum Gasteiger partial charge on any atom is -0.486 e.